The first kappa shape index (κ1) is 19.8. The largest absolute Gasteiger partial charge is 0.423 e. The van der Waals surface area contributed by atoms with Crippen molar-refractivity contribution in [3.63, 3.8) is 0 Å². The number of carbonyl (C=O) groups is 2. The lowest BCUT2D eigenvalue weighted by Gasteiger charge is -2.18. The molecular weight excluding hydrogens is 364 g/mol. The second-order valence-corrected chi connectivity index (χ2v) is 6.50. The van der Waals surface area contributed by atoms with Gasteiger partial charge in [0.1, 0.15) is 5.76 Å². The molecule has 0 fully saturated rings. The van der Waals surface area contributed by atoms with Crippen molar-refractivity contribution in [2.75, 3.05) is 0 Å². The SMILES string of the molecule is CC(NC(=O)c1ccccc1)=C1C=C(OC(=O)c2ccccc2)C(CC#N)=CC1. The van der Waals surface area contributed by atoms with Crippen molar-refractivity contribution < 1.29 is 14.3 Å². The zero-order valence-corrected chi connectivity index (χ0v) is 16.0. The number of hydrogen-bond acceptors (Lipinski definition) is 4. The number of benzene rings is 2. The van der Waals surface area contributed by atoms with Crippen LogP contribution in [0.5, 0.6) is 0 Å². The first-order valence-electron chi connectivity index (χ1n) is 9.20. The molecule has 1 N–H and O–H groups in total. The zero-order valence-electron chi connectivity index (χ0n) is 16.0. The van der Waals surface area contributed by atoms with Crippen LogP contribution in [0.4, 0.5) is 0 Å². The monoisotopic (exact) mass is 384 g/mol. The first-order valence-corrected chi connectivity index (χ1v) is 9.20. The lowest BCUT2D eigenvalue weighted by molar-refractivity contribution is 0.0630. The molecule has 0 unspecified atom stereocenters. The third-order valence-corrected chi connectivity index (χ3v) is 4.49. The molecule has 1 aliphatic carbocycles. The van der Waals surface area contributed by atoms with E-state index in [0.29, 0.717) is 34.6 Å². The number of nitriles is 1. The number of hydrogen-bond donors (Lipinski definition) is 1. The van der Waals surface area contributed by atoms with Crippen LogP contribution in [0.3, 0.4) is 0 Å². The molecule has 5 nitrogen and oxygen atoms in total. The van der Waals surface area contributed by atoms with Gasteiger partial charge in [-0.05, 0) is 49.3 Å². The molecule has 0 radical (unpaired) electrons. The Morgan fingerprint density at radius 3 is 2.28 bits per heavy atom. The minimum absolute atomic E-state index is 0.136. The molecule has 3 rings (SSSR count). The van der Waals surface area contributed by atoms with Gasteiger partial charge in [-0.25, -0.2) is 4.79 Å². The Balaban J connectivity index is 1.83. The normalized spacial score (nSPS) is 14.8. The summed E-state index contributed by atoms with van der Waals surface area (Å²) in [5, 5.41) is 12.0. The van der Waals surface area contributed by atoms with Crippen molar-refractivity contribution in [1.82, 2.24) is 5.32 Å². The van der Waals surface area contributed by atoms with Gasteiger partial charge in [0.15, 0.2) is 0 Å². The highest BCUT2D eigenvalue weighted by Crippen LogP contribution is 2.28. The van der Waals surface area contributed by atoms with Crippen molar-refractivity contribution >= 4 is 11.9 Å². The number of nitrogens with one attached hydrogen (secondary N) is 1. The van der Waals surface area contributed by atoms with Crippen LogP contribution >= 0.6 is 0 Å². The third-order valence-electron chi connectivity index (χ3n) is 4.49. The lowest BCUT2D eigenvalue weighted by Crippen LogP contribution is -2.22. The van der Waals surface area contributed by atoms with Crippen molar-refractivity contribution in [2.45, 2.75) is 19.8 Å². The van der Waals surface area contributed by atoms with Crippen LogP contribution in [0.25, 0.3) is 0 Å². The minimum Gasteiger partial charge on any atom is -0.423 e. The summed E-state index contributed by atoms with van der Waals surface area (Å²) in [5.74, 6) is -0.374. The van der Waals surface area contributed by atoms with E-state index in [1.165, 1.54) is 0 Å². The van der Waals surface area contributed by atoms with Gasteiger partial charge in [0, 0.05) is 16.8 Å². The molecule has 0 aromatic heterocycles. The van der Waals surface area contributed by atoms with Crippen LogP contribution in [-0.4, -0.2) is 11.9 Å². The summed E-state index contributed by atoms with van der Waals surface area (Å²) in [7, 11) is 0. The van der Waals surface area contributed by atoms with Gasteiger partial charge in [-0.3, -0.25) is 4.79 Å². The Kier molecular flexibility index (Phi) is 6.39. The third kappa shape index (κ3) is 5.08. The van der Waals surface area contributed by atoms with Gasteiger partial charge in [-0.1, -0.05) is 42.5 Å². The van der Waals surface area contributed by atoms with Crippen molar-refractivity contribution in [3.8, 4) is 6.07 Å². The molecule has 2 aromatic carbocycles. The first-order chi connectivity index (χ1) is 14.1. The highest BCUT2D eigenvalue weighted by atomic mass is 16.5. The summed E-state index contributed by atoms with van der Waals surface area (Å²) in [4.78, 5) is 24.8. The molecule has 0 spiro atoms. The maximum absolute atomic E-state index is 12.4. The molecule has 0 saturated heterocycles. The maximum atomic E-state index is 12.4. The summed E-state index contributed by atoms with van der Waals surface area (Å²) in [5.41, 5.74) is 3.12. The number of ether oxygens (including phenoxy) is 1. The highest BCUT2D eigenvalue weighted by molar-refractivity contribution is 5.95. The number of allylic oxidation sites excluding steroid dienone is 5. The average molecular weight is 384 g/mol. The quantitative estimate of drug-likeness (QED) is 0.760. The van der Waals surface area contributed by atoms with Gasteiger partial charge in [0.05, 0.1) is 18.1 Å². The van der Waals surface area contributed by atoms with Gasteiger partial charge in [0.25, 0.3) is 5.91 Å². The molecule has 1 aliphatic rings. The number of esters is 1. The van der Waals surface area contributed by atoms with Gasteiger partial charge in [0.2, 0.25) is 0 Å². The van der Waals surface area contributed by atoms with E-state index in [9.17, 15) is 9.59 Å². The average Bonchev–Trinajstić information content (AvgIpc) is 2.76. The van der Waals surface area contributed by atoms with Crippen LogP contribution < -0.4 is 5.32 Å². The summed E-state index contributed by atoms with van der Waals surface area (Å²) in [6.45, 7) is 1.80. The predicted molar refractivity (Wildman–Crippen MR) is 109 cm³/mol. The van der Waals surface area contributed by atoms with Crippen molar-refractivity contribution in [1.29, 1.82) is 5.26 Å². The number of carbonyl (C=O) groups excluding carboxylic acids is 2. The molecule has 0 bridgehead atoms. The van der Waals surface area contributed by atoms with Crippen molar-refractivity contribution in [3.05, 3.63) is 107 Å². The molecule has 0 heterocycles. The Bertz CT molecular complexity index is 1040. The van der Waals surface area contributed by atoms with E-state index < -0.39 is 5.97 Å². The fourth-order valence-corrected chi connectivity index (χ4v) is 2.89. The van der Waals surface area contributed by atoms with Gasteiger partial charge < -0.3 is 10.1 Å². The van der Waals surface area contributed by atoms with E-state index >= 15 is 0 Å². The number of amides is 1. The van der Waals surface area contributed by atoms with E-state index in [1.54, 1.807) is 61.5 Å². The molecule has 29 heavy (non-hydrogen) atoms. The van der Waals surface area contributed by atoms with Crippen molar-refractivity contribution in [2.24, 2.45) is 0 Å². The lowest BCUT2D eigenvalue weighted by atomic mass is 9.97. The van der Waals surface area contributed by atoms with E-state index in [4.69, 9.17) is 10.00 Å². The van der Waals surface area contributed by atoms with E-state index in [2.05, 4.69) is 11.4 Å². The van der Waals surface area contributed by atoms with Crippen LogP contribution in [0, 0.1) is 11.3 Å². The van der Waals surface area contributed by atoms with Gasteiger partial charge >= 0.3 is 5.97 Å². The van der Waals surface area contributed by atoms with Crippen LogP contribution in [-0.2, 0) is 4.74 Å². The Labute approximate surface area is 169 Å². The molecule has 0 aliphatic heterocycles. The summed E-state index contributed by atoms with van der Waals surface area (Å²) in [6, 6.07) is 19.7. The maximum Gasteiger partial charge on any atom is 0.343 e. The number of rotatable bonds is 5. The van der Waals surface area contributed by atoms with Gasteiger partial charge in [-0.2, -0.15) is 5.26 Å². The highest BCUT2D eigenvalue weighted by Gasteiger charge is 2.19. The molecule has 5 heteroatoms. The molecule has 0 atom stereocenters. The molecular formula is C24H20N2O3. The van der Waals surface area contributed by atoms with Crippen LogP contribution in [0.2, 0.25) is 0 Å². The number of nitrogens with zero attached hydrogens (tertiary/aromatic N) is 1. The van der Waals surface area contributed by atoms with Crippen LogP contribution in [0.1, 0.15) is 40.5 Å². The second kappa shape index (κ2) is 9.34. The van der Waals surface area contributed by atoms with E-state index in [0.717, 1.165) is 5.57 Å². The van der Waals surface area contributed by atoms with Gasteiger partial charge in [-0.15, -0.1) is 0 Å². The summed E-state index contributed by atoms with van der Waals surface area (Å²) >= 11 is 0. The molecule has 2 aromatic rings. The Morgan fingerprint density at radius 1 is 1.03 bits per heavy atom. The predicted octanol–water partition coefficient (Wildman–Crippen LogP) is 4.68. The van der Waals surface area contributed by atoms with E-state index in [1.807, 2.05) is 18.2 Å². The molecule has 1 amide bonds. The molecule has 144 valence electrons. The van der Waals surface area contributed by atoms with E-state index in [-0.39, 0.29) is 12.3 Å². The standard InChI is InChI=1S/C24H20N2O3/c1-17(26-23(27)19-8-4-2-5-9-19)21-13-12-18(14-15-25)22(16-21)29-24(28)20-10-6-3-7-11-20/h2-12,16H,13-14H2,1H3,(H,26,27). The second-order valence-electron chi connectivity index (χ2n) is 6.50. The Hall–Kier alpha value is -3.91. The summed E-state index contributed by atoms with van der Waals surface area (Å²) < 4.78 is 5.57. The fourth-order valence-electron chi connectivity index (χ4n) is 2.89. The summed E-state index contributed by atoms with van der Waals surface area (Å²) in [6.07, 6.45) is 4.24. The van der Waals surface area contributed by atoms with Crippen LogP contribution in [0.15, 0.2) is 95.4 Å². The molecule has 0 saturated carbocycles. The zero-order chi connectivity index (χ0) is 20.6. The topological polar surface area (TPSA) is 79.2 Å². The fraction of sp³-hybridized carbons (Fsp3) is 0.125. The Morgan fingerprint density at radius 2 is 1.66 bits per heavy atom. The minimum atomic E-state index is -0.493. The smallest absolute Gasteiger partial charge is 0.343 e.